The third-order valence-corrected chi connectivity index (χ3v) is 4.98. The van der Waals surface area contributed by atoms with Gasteiger partial charge < -0.3 is 10.3 Å². The van der Waals surface area contributed by atoms with Crippen molar-refractivity contribution in [3.63, 3.8) is 0 Å². The number of aryl methyl sites for hydroxylation is 1. The van der Waals surface area contributed by atoms with E-state index < -0.39 is 0 Å². The highest BCUT2D eigenvalue weighted by Gasteiger charge is 2.15. The number of rotatable bonds is 4. The van der Waals surface area contributed by atoms with E-state index in [0.717, 1.165) is 44.3 Å². The second kappa shape index (κ2) is 6.87. The molecule has 29 heavy (non-hydrogen) atoms. The average molecular weight is 382 g/mol. The highest BCUT2D eigenvalue weighted by atomic mass is 16.1. The summed E-state index contributed by atoms with van der Waals surface area (Å²) >= 11 is 0. The van der Waals surface area contributed by atoms with Crippen LogP contribution in [0.3, 0.4) is 0 Å². The van der Waals surface area contributed by atoms with Crippen molar-refractivity contribution in [2.45, 2.75) is 13.5 Å². The van der Waals surface area contributed by atoms with Crippen LogP contribution < -0.4 is 5.32 Å². The Morgan fingerprint density at radius 3 is 2.86 bits per heavy atom. The molecule has 4 aromatic heterocycles. The first kappa shape index (κ1) is 17.1. The van der Waals surface area contributed by atoms with Crippen LogP contribution in [0.4, 0.5) is 0 Å². The van der Waals surface area contributed by atoms with E-state index in [1.165, 1.54) is 0 Å². The zero-order chi connectivity index (χ0) is 19.8. The number of aromatic amines is 2. The van der Waals surface area contributed by atoms with Crippen molar-refractivity contribution >= 4 is 27.8 Å². The van der Waals surface area contributed by atoms with Crippen LogP contribution in [0.25, 0.3) is 33.1 Å². The third kappa shape index (κ3) is 3.12. The lowest BCUT2D eigenvalue weighted by atomic mass is 9.98. The van der Waals surface area contributed by atoms with E-state index in [2.05, 4.69) is 30.5 Å². The molecule has 142 valence electrons. The van der Waals surface area contributed by atoms with Gasteiger partial charge in [0.05, 0.1) is 29.5 Å². The van der Waals surface area contributed by atoms with Gasteiger partial charge in [0.1, 0.15) is 5.65 Å². The molecular formula is C22H18N6O. The number of nitrogens with one attached hydrogen (secondary N) is 3. The number of hydrogen-bond donors (Lipinski definition) is 3. The Bertz CT molecular complexity index is 1330. The molecule has 0 saturated heterocycles. The van der Waals surface area contributed by atoms with E-state index in [9.17, 15) is 4.79 Å². The molecule has 0 radical (unpaired) electrons. The zero-order valence-electron chi connectivity index (χ0n) is 15.7. The fourth-order valence-corrected chi connectivity index (χ4v) is 3.48. The van der Waals surface area contributed by atoms with Gasteiger partial charge in [-0.25, -0.2) is 4.98 Å². The molecule has 1 amide bonds. The molecule has 0 aliphatic rings. The summed E-state index contributed by atoms with van der Waals surface area (Å²) in [5.41, 5.74) is 6.01. The molecule has 0 bridgehead atoms. The number of H-pyrrole nitrogens is 2. The maximum Gasteiger partial charge on any atom is 0.252 e. The van der Waals surface area contributed by atoms with E-state index in [1.807, 2.05) is 49.5 Å². The van der Waals surface area contributed by atoms with Crippen LogP contribution in [0.15, 0.2) is 61.2 Å². The lowest BCUT2D eigenvalue weighted by Crippen LogP contribution is -2.23. The number of carbonyl (C=O) groups is 1. The van der Waals surface area contributed by atoms with Gasteiger partial charge in [-0.05, 0) is 53.9 Å². The van der Waals surface area contributed by atoms with Crippen molar-refractivity contribution in [2.24, 2.45) is 0 Å². The van der Waals surface area contributed by atoms with Crippen molar-refractivity contribution in [3.8, 4) is 11.1 Å². The second-order valence-electron chi connectivity index (χ2n) is 6.96. The van der Waals surface area contributed by atoms with Crippen molar-refractivity contribution in [3.05, 3.63) is 78.0 Å². The first-order valence-electron chi connectivity index (χ1n) is 9.28. The van der Waals surface area contributed by atoms with E-state index in [0.29, 0.717) is 12.1 Å². The maximum atomic E-state index is 13.0. The minimum Gasteiger partial charge on any atom is -0.346 e. The number of pyridine rings is 2. The Hall–Kier alpha value is -4.00. The van der Waals surface area contributed by atoms with Crippen LogP contribution in [-0.4, -0.2) is 31.1 Å². The second-order valence-corrected chi connectivity index (χ2v) is 6.96. The van der Waals surface area contributed by atoms with Crippen LogP contribution >= 0.6 is 0 Å². The highest BCUT2D eigenvalue weighted by molar-refractivity contribution is 6.08. The molecule has 0 unspecified atom stereocenters. The lowest BCUT2D eigenvalue weighted by molar-refractivity contribution is 0.0952. The molecule has 5 rings (SSSR count). The molecule has 0 saturated carbocycles. The molecule has 4 heterocycles. The summed E-state index contributed by atoms with van der Waals surface area (Å²) < 4.78 is 0. The molecule has 0 fully saturated rings. The summed E-state index contributed by atoms with van der Waals surface area (Å²) in [6, 6.07) is 11.7. The summed E-state index contributed by atoms with van der Waals surface area (Å²) in [4.78, 5) is 24.8. The molecule has 5 aromatic rings. The molecule has 3 N–H and O–H groups in total. The molecule has 0 atom stereocenters. The van der Waals surface area contributed by atoms with Gasteiger partial charge in [0.2, 0.25) is 0 Å². The average Bonchev–Trinajstić information content (AvgIpc) is 3.41. The fraction of sp³-hybridized carbons (Fsp3) is 0.0909. The van der Waals surface area contributed by atoms with Crippen LogP contribution in [0.2, 0.25) is 0 Å². The van der Waals surface area contributed by atoms with Gasteiger partial charge in [0, 0.05) is 29.4 Å². The largest absolute Gasteiger partial charge is 0.346 e. The fourth-order valence-electron chi connectivity index (χ4n) is 3.48. The van der Waals surface area contributed by atoms with Crippen molar-refractivity contribution in [1.29, 1.82) is 0 Å². The van der Waals surface area contributed by atoms with Crippen LogP contribution in [-0.2, 0) is 6.54 Å². The number of carbonyl (C=O) groups excluding carboxylic acids is 1. The number of nitrogens with zero attached hydrogens (tertiary/aromatic N) is 3. The van der Waals surface area contributed by atoms with Crippen LogP contribution in [0, 0.1) is 6.92 Å². The van der Waals surface area contributed by atoms with Gasteiger partial charge in [-0.2, -0.15) is 5.10 Å². The molecular weight excluding hydrogens is 364 g/mol. The standard InChI is InChI=1S/C22H18N6O/c1-13-2-3-15(25-10-13)11-26-22(29)18-8-14(9-20-19(18)12-27-28-20)16-4-6-23-21-17(16)5-7-24-21/h2-10,12H,11H2,1H3,(H,23,24)(H,26,29)(H,27,28). The Kier molecular flexibility index (Phi) is 4.05. The molecule has 0 aliphatic carbocycles. The lowest BCUT2D eigenvalue weighted by Gasteiger charge is -2.10. The molecule has 1 aromatic carbocycles. The Balaban J connectivity index is 1.53. The zero-order valence-corrected chi connectivity index (χ0v) is 15.7. The van der Waals surface area contributed by atoms with Crippen molar-refractivity contribution < 1.29 is 4.79 Å². The Morgan fingerprint density at radius 1 is 1.07 bits per heavy atom. The van der Waals surface area contributed by atoms with Gasteiger partial charge in [-0.15, -0.1) is 0 Å². The smallest absolute Gasteiger partial charge is 0.252 e. The van der Waals surface area contributed by atoms with Gasteiger partial charge >= 0.3 is 0 Å². The van der Waals surface area contributed by atoms with E-state index in [4.69, 9.17) is 0 Å². The monoisotopic (exact) mass is 382 g/mol. The number of hydrogen-bond acceptors (Lipinski definition) is 4. The predicted octanol–water partition coefficient (Wildman–Crippen LogP) is 3.74. The molecule has 7 nitrogen and oxygen atoms in total. The van der Waals surface area contributed by atoms with E-state index >= 15 is 0 Å². The maximum absolute atomic E-state index is 13.0. The van der Waals surface area contributed by atoms with E-state index in [1.54, 1.807) is 18.6 Å². The normalized spacial score (nSPS) is 11.2. The highest BCUT2D eigenvalue weighted by Crippen LogP contribution is 2.31. The summed E-state index contributed by atoms with van der Waals surface area (Å²) in [5.74, 6) is -0.167. The molecule has 7 heteroatoms. The summed E-state index contributed by atoms with van der Waals surface area (Å²) in [7, 11) is 0. The number of amides is 1. The van der Waals surface area contributed by atoms with Gasteiger partial charge in [0.15, 0.2) is 0 Å². The van der Waals surface area contributed by atoms with Crippen LogP contribution in [0.1, 0.15) is 21.6 Å². The van der Waals surface area contributed by atoms with Crippen molar-refractivity contribution in [2.75, 3.05) is 0 Å². The minimum absolute atomic E-state index is 0.167. The molecule has 0 aliphatic heterocycles. The summed E-state index contributed by atoms with van der Waals surface area (Å²) in [5, 5.41) is 11.9. The molecule has 0 spiro atoms. The number of benzene rings is 1. The topological polar surface area (TPSA) is 99.3 Å². The van der Waals surface area contributed by atoms with Gasteiger partial charge in [0.25, 0.3) is 5.91 Å². The quantitative estimate of drug-likeness (QED) is 0.441. The third-order valence-electron chi connectivity index (χ3n) is 4.98. The van der Waals surface area contributed by atoms with Crippen molar-refractivity contribution in [1.82, 2.24) is 30.5 Å². The number of fused-ring (bicyclic) bond motifs is 2. The SMILES string of the molecule is Cc1ccc(CNC(=O)c2cc(-c3ccnc4[nH]ccc34)cc3[nH]ncc23)nc1. The summed E-state index contributed by atoms with van der Waals surface area (Å²) in [6.07, 6.45) is 7.09. The van der Waals surface area contributed by atoms with Crippen LogP contribution in [0.5, 0.6) is 0 Å². The predicted molar refractivity (Wildman–Crippen MR) is 111 cm³/mol. The first-order chi connectivity index (χ1) is 14.2. The first-order valence-corrected chi connectivity index (χ1v) is 9.28. The number of aromatic nitrogens is 5. The Morgan fingerprint density at radius 2 is 2.00 bits per heavy atom. The summed E-state index contributed by atoms with van der Waals surface area (Å²) in [6.45, 7) is 2.34. The minimum atomic E-state index is -0.167. The Labute approximate surface area is 166 Å². The van der Waals surface area contributed by atoms with Gasteiger partial charge in [-0.1, -0.05) is 6.07 Å². The van der Waals surface area contributed by atoms with E-state index in [-0.39, 0.29) is 5.91 Å². The van der Waals surface area contributed by atoms with Gasteiger partial charge in [-0.3, -0.25) is 14.9 Å².